The Kier molecular flexibility index (Phi) is 9.23. The first-order chi connectivity index (χ1) is 16.9. The van der Waals surface area contributed by atoms with Crippen molar-refractivity contribution in [2.45, 2.75) is 44.7 Å². The second-order valence-electron chi connectivity index (χ2n) is 9.12. The number of fused-ring (bicyclic) bond motifs is 2. The molecular weight excluding hydrogens is 525 g/mol. The van der Waals surface area contributed by atoms with Crippen LogP contribution in [-0.4, -0.2) is 68.3 Å². The summed E-state index contributed by atoms with van der Waals surface area (Å²) in [7, 11) is 0. The lowest BCUT2D eigenvalue weighted by Crippen LogP contribution is -2.45. The predicted octanol–water partition coefficient (Wildman–Crippen LogP) is 3.48. The molecule has 8 nitrogen and oxygen atoms in total. The van der Waals surface area contributed by atoms with Gasteiger partial charge in [0.1, 0.15) is 13.2 Å². The van der Waals surface area contributed by atoms with Crippen molar-refractivity contribution in [1.82, 2.24) is 0 Å². The van der Waals surface area contributed by atoms with E-state index in [2.05, 4.69) is 16.1 Å². The lowest BCUT2D eigenvalue weighted by atomic mass is 9.73. The lowest BCUT2D eigenvalue weighted by Gasteiger charge is -2.32. The maximum atomic E-state index is 13.2. The number of halogens is 7. The molecule has 15 heteroatoms. The summed E-state index contributed by atoms with van der Waals surface area (Å²) in [6, 6.07) is 0. The summed E-state index contributed by atoms with van der Waals surface area (Å²) in [4.78, 5) is 49.1. The van der Waals surface area contributed by atoms with Crippen LogP contribution in [0.2, 0.25) is 0 Å². The van der Waals surface area contributed by atoms with E-state index in [1.165, 1.54) is 6.92 Å². The Morgan fingerprint density at radius 1 is 0.784 bits per heavy atom. The molecule has 0 spiro atoms. The van der Waals surface area contributed by atoms with E-state index in [0.29, 0.717) is 6.92 Å². The first kappa shape index (κ1) is 30.4. The van der Waals surface area contributed by atoms with E-state index in [-0.39, 0.29) is 18.4 Å². The maximum Gasteiger partial charge on any atom is 0.456 e. The number of alkyl halides is 7. The predicted molar refractivity (Wildman–Crippen MR) is 107 cm³/mol. The first-order valence-electron chi connectivity index (χ1n) is 11.0. The van der Waals surface area contributed by atoms with Gasteiger partial charge in [-0.3, -0.25) is 14.4 Å². The number of hydrogen-bond donors (Lipinski definition) is 0. The van der Waals surface area contributed by atoms with Gasteiger partial charge >= 0.3 is 36.0 Å². The second-order valence-corrected chi connectivity index (χ2v) is 9.12. The third-order valence-electron chi connectivity index (χ3n) is 6.04. The fourth-order valence-electron chi connectivity index (χ4n) is 4.43. The van der Waals surface area contributed by atoms with Gasteiger partial charge in [-0.05, 0) is 31.6 Å². The highest BCUT2D eigenvalue weighted by molar-refractivity contribution is 5.87. The molecule has 0 radical (unpaired) electrons. The van der Waals surface area contributed by atoms with E-state index in [0.717, 1.165) is 0 Å². The van der Waals surface area contributed by atoms with Gasteiger partial charge in [0.25, 0.3) is 5.92 Å². The van der Waals surface area contributed by atoms with Crippen molar-refractivity contribution in [3.63, 3.8) is 0 Å². The molecule has 0 amide bonds. The minimum atomic E-state index is -5.99. The van der Waals surface area contributed by atoms with Crippen LogP contribution >= 0.6 is 0 Å². The van der Waals surface area contributed by atoms with Gasteiger partial charge in [-0.25, -0.2) is 13.6 Å². The summed E-state index contributed by atoms with van der Waals surface area (Å²) >= 11 is 0. The van der Waals surface area contributed by atoms with Crippen LogP contribution in [-0.2, 0) is 38.1 Å². The number of ether oxygens (including phenoxy) is 4. The minimum absolute atomic E-state index is 0.0396. The molecule has 0 aliphatic heterocycles. The highest BCUT2D eigenvalue weighted by atomic mass is 19.4. The summed E-state index contributed by atoms with van der Waals surface area (Å²) in [6.07, 6.45) is -6.20. The largest absolute Gasteiger partial charge is 0.462 e. The summed E-state index contributed by atoms with van der Waals surface area (Å²) in [5, 5.41) is 0. The van der Waals surface area contributed by atoms with Crippen LogP contribution in [0.4, 0.5) is 30.7 Å². The topological polar surface area (TPSA) is 105 Å². The molecule has 0 saturated heterocycles. The molecule has 2 saturated carbocycles. The highest BCUT2D eigenvalue weighted by Gasteiger charge is 2.63. The number of carbonyl (C=O) groups excluding carboxylic acids is 4. The molecule has 0 aromatic heterocycles. The molecule has 2 aliphatic carbocycles. The van der Waals surface area contributed by atoms with Crippen molar-refractivity contribution in [3.8, 4) is 0 Å². The average molecular weight is 550 g/mol. The van der Waals surface area contributed by atoms with Crippen molar-refractivity contribution in [1.29, 1.82) is 0 Å². The summed E-state index contributed by atoms with van der Waals surface area (Å²) < 4.78 is 108. The molecule has 2 aliphatic rings. The molecular formula is C22H25F7O8. The Morgan fingerprint density at radius 2 is 1.32 bits per heavy atom. The zero-order chi connectivity index (χ0) is 28.3. The van der Waals surface area contributed by atoms with Crippen LogP contribution in [0.1, 0.15) is 26.7 Å². The molecule has 5 unspecified atom stereocenters. The van der Waals surface area contributed by atoms with Gasteiger partial charge in [-0.15, -0.1) is 0 Å². The van der Waals surface area contributed by atoms with Crippen LogP contribution in [0.3, 0.4) is 0 Å². The smallest absolute Gasteiger partial charge is 0.456 e. The number of esters is 4. The van der Waals surface area contributed by atoms with Crippen LogP contribution in [0.15, 0.2) is 12.2 Å². The molecule has 0 N–H and O–H groups in total. The molecule has 0 heterocycles. The van der Waals surface area contributed by atoms with E-state index in [4.69, 9.17) is 9.47 Å². The van der Waals surface area contributed by atoms with E-state index in [1.807, 2.05) is 0 Å². The number of carbonyl (C=O) groups is 4. The zero-order valence-electron chi connectivity index (χ0n) is 19.7. The van der Waals surface area contributed by atoms with E-state index >= 15 is 0 Å². The monoisotopic (exact) mass is 550 g/mol. The van der Waals surface area contributed by atoms with Gasteiger partial charge in [-0.2, -0.15) is 22.0 Å². The SMILES string of the molecule is C=C(C)C(=O)OCCOC(=O)C1C2CC(CC2C(=O)OCC(C)(F)F)C1C(=O)OCC(F)(F)C(F)(F)F. The van der Waals surface area contributed by atoms with E-state index in [1.54, 1.807) is 0 Å². The quantitative estimate of drug-likeness (QED) is 0.127. The first-order valence-corrected chi connectivity index (χ1v) is 11.0. The maximum absolute atomic E-state index is 13.2. The van der Waals surface area contributed by atoms with Crippen LogP contribution in [0, 0.1) is 29.6 Å². The number of rotatable bonds is 11. The Balaban J connectivity index is 2.14. The molecule has 0 aromatic rings. The fraction of sp³-hybridized carbons (Fsp3) is 0.727. The van der Waals surface area contributed by atoms with Gasteiger partial charge in [-0.1, -0.05) is 6.58 Å². The van der Waals surface area contributed by atoms with Crippen LogP contribution in [0.25, 0.3) is 0 Å². The lowest BCUT2D eigenvalue weighted by molar-refractivity contribution is -0.294. The summed E-state index contributed by atoms with van der Waals surface area (Å²) in [6.45, 7) is 0.690. The molecule has 210 valence electrons. The molecule has 2 fully saturated rings. The second kappa shape index (κ2) is 11.3. The Bertz CT molecular complexity index is 912. The number of hydrogen-bond acceptors (Lipinski definition) is 8. The van der Waals surface area contributed by atoms with Crippen molar-refractivity contribution in [2.75, 3.05) is 26.4 Å². The Labute approximate surface area is 206 Å². The third kappa shape index (κ3) is 7.57. The van der Waals surface area contributed by atoms with Crippen molar-refractivity contribution in [2.24, 2.45) is 29.6 Å². The molecule has 37 heavy (non-hydrogen) atoms. The minimum Gasteiger partial charge on any atom is -0.462 e. The molecule has 2 rings (SSSR count). The van der Waals surface area contributed by atoms with Crippen LogP contribution < -0.4 is 0 Å². The van der Waals surface area contributed by atoms with Gasteiger partial charge in [0.05, 0.1) is 17.8 Å². The standard InChI is InChI=1S/C22H25F7O8/c1-10(2)16(30)34-4-5-35-19(33)15-12-6-11(7-13(12)17(31)36-8-20(3,23)24)14(15)18(32)37-9-21(25,26)22(27,28)29/h11-15H,1,4-9H2,2-3H3. The van der Waals surface area contributed by atoms with E-state index < -0.39 is 97.9 Å². The van der Waals surface area contributed by atoms with Crippen LogP contribution in [0.5, 0.6) is 0 Å². The average Bonchev–Trinajstić information content (AvgIpc) is 3.36. The normalized spacial score (nSPS) is 25.4. The molecule has 2 bridgehead atoms. The van der Waals surface area contributed by atoms with Gasteiger partial charge in [0.2, 0.25) is 0 Å². The van der Waals surface area contributed by atoms with Gasteiger partial charge in [0, 0.05) is 12.5 Å². The van der Waals surface area contributed by atoms with Gasteiger partial charge in [0.15, 0.2) is 13.2 Å². The van der Waals surface area contributed by atoms with Gasteiger partial charge < -0.3 is 18.9 Å². The molecule has 5 atom stereocenters. The molecule has 0 aromatic carbocycles. The fourth-order valence-corrected chi connectivity index (χ4v) is 4.43. The highest BCUT2D eigenvalue weighted by Crippen LogP contribution is 2.56. The van der Waals surface area contributed by atoms with Crippen molar-refractivity contribution < 1.29 is 68.9 Å². The van der Waals surface area contributed by atoms with E-state index in [9.17, 15) is 49.9 Å². The van der Waals surface area contributed by atoms with Crippen molar-refractivity contribution in [3.05, 3.63) is 12.2 Å². The Hall–Kier alpha value is -2.87. The third-order valence-corrected chi connectivity index (χ3v) is 6.04. The Morgan fingerprint density at radius 3 is 1.86 bits per heavy atom. The zero-order valence-corrected chi connectivity index (χ0v) is 19.7. The van der Waals surface area contributed by atoms with Crippen molar-refractivity contribution >= 4 is 23.9 Å². The summed E-state index contributed by atoms with van der Waals surface area (Å²) in [5.41, 5.74) is 0.0527. The summed E-state index contributed by atoms with van der Waals surface area (Å²) in [5.74, 6) is -19.3.